The van der Waals surface area contributed by atoms with Gasteiger partial charge in [-0.1, -0.05) is 32.1 Å². The van der Waals surface area contributed by atoms with E-state index in [-0.39, 0.29) is 17.4 Å². The molecule has 1 spiro atoms. The molecule has 0 aromatic heterocycles. The first-order chi connectivity index (χ1) is 11.4. The summed E-state index contributed by atoms with van der Waals surface area (Å²) in [5.74, 6) is 1.22. The minimum Gasteiger partial charge on any atom is -0.487 e. The van der Waals surface area contributed by atoms with E-state index in [1.165, 1.54) is 11.1 Å². The molecule has 0 amide bonds. The molecule has 0 aromatic rings. The molecular formula is C20H27NO3. The van der Waals surface area contributed by atoms with Crippen LogP contribution >= 0.6 is 0 Å². The minimum atomic E-state index is -0.939. The van der Waals surface area contributed by atoms with Crippen molar-refractivity contribution in [1.82, 2.24) is 4.90 Å². The normalized spacial score (nSPS) is 49.2. The Kier molecular flexibility index (Phi) is 2.87. The molecule has 1 saturated carbocycles. The average molecular weight is 329 g/mol. The lowest BCUT2D eigenvalue weighted by atomic mass is 9.50. The summed E-state index contributed by atoms with van der Waals surface area (Å²) >= 11 is 0. The maximum atomic E-state index is 11.4. The number of aliphatic hydroxyl groups excluding tert-OH is 1. The number of rotatable bonds is 1. The van der Waals surface area contributed by atoms with Gasteiger partial charge in [0.2, 0.25) is 0 Å². The molecule has 1 saturated heterocycles. The predicted octanol–water partition coefficient (Wildman–Crippen LogP) is 2.00. The molecular weight excluding hydrogens is 302 g/mol. The molecule has 5 aliphatic rings. The number of hydrogen-bond acceptors (Lipinski definition) is 4. The molecule has 4 heteroatoms. The Morgan fingerprint density at radius 1 is 1.33 bits per heavy atom. The SMILES string of the molecule is CC(C)C1(O)CC=C2C[C@@H]3[C@@H]4C=C[C@H](O)[C@@H]5OC1=C2[C@]45CCN3C. The quantitative estimate of drug-likeness (QED) is 0.723. The van der Waals surface area contributed by atoms with Crippen molar-refractivity contribution >= 4 is 0 Å². The Bertz CT molecular complexity index is 693. The van der Waals surface area contributed by atoms with Gasteiger partial charge in [0.15, 0.2) is 0 Å². The van der Waals surface area contributed by atoms with Crippen molar-refractivity contribution in [1.29, 1.82) is 0 Å². The van der Waals surface area contributed by atoms with Gasteiger partial charge in [-0.3, -0.25) is 0 Å². The highest BCUT2D eigenvalue weighted by Gasteiger charge is 2.67. The second-order valence-corrected chi connectivity index (χ2v) is 8.70. The molecule has 5 rings (SSSR count). The first kappa shape index (κ1) is 15.2. The highest BCUT2D eigenvalue weighted by Crippen LogP contribution is 2.66. The lowest BCUT2D eigenvalue weighted by molar-refractivity contribution is -0.107. The fourth-order valence-electron chi connectivity index (χ4n) is 6.02. The number of aliphatic hydroxyl groups is 2. The van der Waals surface area contributed by atoms with Crippen LogP contribution in [0.15, 0.2) is 35.1 Å². The Hall–Kier alpha value is -1.10. The van der Waals surface area contributed by atoms with E-state index in [1.54, 1.807) is 0 Å². The van der Waals surface area contributed by atoms with E-state index in [0.717, 1.165) is 25.1 Å². The standard InChI is InChI=1S/C20H27NO3/c1-11(2)20(23)7-6-12-10-14-13-4-5-15(22)17-19(13,8-9-21(14)3)16(12)18(20)24-17/h4-6,11,13-15,17,22-23H,7-10H2,1-3H3/t13-,14+,15-,17-,19-,20?/m0/s1. The van der Waals surface area contributed by atoms with Crippen molar-refractivity contribution in [2.75, 3.05) is 13.6 Å². The van der Waals surface area contributed by atoms with E-state index in [2.05, 4.69) is 37.9 Å². The molecule has 0 aromatic carbocycles. The fraction of sp³-hybridized carbons (Fsp3) is 0.700. The summed E-state index contributed by atoms with van der Waals surface area (Å²) in [5.41, 5.74) is 1.50. The van der Waals surface area contributed by atoms with Gasteiger partial charge in [0.05, 0.1) is 0 Å². The highest BCUT2D eigenvalue weighted by molar-refractivity contribution is 5.55. The Labute approximate surface area is 143 Å². The molecule has 24 heavy (non-hydrogen) atoms. The van der Waals surface area contributed by atoms with E-state index >= 15 is 0 Å². The molecule has 2 bridgehead atoms. The number of ether oxygens (including phenoxy) is 1. The number of hydrogen-bond donors (Lipinski definition) is 2. The van der Waals surface area contributed by atoms with Crippen molar-refractivity contribution < 1.29 is 14.9 Å². The van der Waals surface area contributed by atoms with Gasteiger partial charge in [-0.05, 0) is 37.9 Å². The zero-order chi connectivity index (χ0) is 16.9. The highest BCUT2D eigenvalue weighted by atomic mass is 16.5. The summed E-state index contributed by atoms with van der Waals surface area (Å²) in [6, 6.07) is 0.466. The van der Waals surface area contributed by atoms with Gasteiger partial charge in [-0.15, -0.1) is 0 Å². The maximum absolute atomic E-state index is 11.4. The van der Waals surface area contributed by atoms with Gasteiger partial charge in [-0.2, -0.15) is 0 Å². The third kappa shape index (κ3) is 1.52. The summed E-state index contributed by atoms with van der Waals surface area (Å²) in [5, 5.41) is 22.1. The van der Waals surface area contributed by atoms with Crippen LogP contribution in [0.1, 0.15) is 33.1 Å². The Morgan fingerprint density at radius 3 is 2.88 bits per heavy atom. The van der Waals surface area contributed by atoms with Crippen molar-refractivity contribution in [2.24, 2.45) is 17.3 Å². The van der Waals surface area contributed by atoms with Crippen LogP contribution in [0.3, 0.4) is 0 Å². The van der Waals surface area contributed by atoms with Crippen molar-refractivity contribution in [3.05, 3.63) is 35.1 Å². The van der Waals surface area contributed by atoms with Gasteiger partial charge in [0.1, 0.15) is 23.6 Å². The first-order valence-electron chi connectivity index (χ1n) is 9.30. The van der Waals surface area contributed by atoms with E-state index in [1.807, 2.05) is 6.08 Å². The lowest BCUT2D eigenvalue weighted by Gasteiger charge is -2.58. The van der Waals surface area contributed by atoms with Gasteiger partial charge in [0.25, 0.3) is 0 Å². The zero-order valence-corrected chi connectivity index (χ0v) is 14.7. The maximum Gasteiger partial charge on any atom is 0.138 e. The van der Waals surface area contributed by atoms with Crippen LogP contribution in [0.2, 0.25) is 0 Å². The smallest absolute Gasteiger partial charge is 0.138 e. The average Bonchev–Trinajstić information content (AvgIpc) is 2.90. The van der Waals surface area contributed by atoms with Crippen LogP contribution in [-0.2, 0) is 4.74 Å². The summed E-state index contributed by atoms with van der Waals surface area (Å²) in [4.78, 5) is 2.47. The molecule has 0 radical (unpaired) electrons. The van der Waals surface area contributed by atoms with Gasteiger partial charge in [0, 0.05) is 29.4 Å². The zero-order valence-electron chi connectivity index (χ0n) is 14.7. The summed E-state index contributed by atoms with van der Waals surface area (Å²) in [7, 11) is 2.21. The summed E-state index contributed by atoms with van der Waals surface area (Å²) in [6.45, 7) is 5.13. The van der Waals surface area contributed by atoms with E-state index in [9.17, 15) is 10.2 Å². The van der Waals surface area contributed by atoms with E-state index in [0.29, 0.717) is 18.4 Å². The summed E-state index contributed by atoms with van der Waals surface area (Å²) in [6.07, 6.45) is 8.17. The molecule has 2 N–H and O–H groups in total. The molecule has 4 nitrogen and oxygen atoms in total. The molecule has 2 heterocycles. The van der Waals surface area contributed by atoms with Crippen LogP contribution in [0, 0.1) is 17.3 Å². The van der Waals surface area contributed by atoms with Crippen LogP contribution < -0.4 is 0 Å². The predicted molar refractivity (Wildman–Crippen MR) is 91.1 cm³/mol. The molecule has 3 aliphatic carbocycles. The number of likely N-dealkylation sites (tertiary alicyclic amines) is 1. The van der Waals surface area contributed by atoms with Crippen LogP contribution in [0.5, 0.6) is 0 Å². The molecule has 2 aliphatic heterocycles. The molecule has 130 valence electrons. The van der Waals surface area contributed by atoms with Crippen LogP contribution in [-0.4, -0.2) is 52.6 Å². The third-order valence-electron chi connectivity index (χ3n) is 7.48. The Morgan fingerprint density at radius 2 is 2.12 bits per heavy atom. The van der Waals surface area contributed by atoms with E-state index in [4.69, 9.17) is 4.74 Å². The first-order valence-corrected chi connectivity index (χ1v) is 9.30. The van der Waals surface area contributed by atoms with E-state index < -0.39 is 11.7 Å². The second kappa shape index (κ2) is 4.54. The van der Waals surface area contributed by atoms with Gasteiger partial charge in [-0.25, -0.2) is 0 Å². The van der Waals surface area contributed by atoms with Gasteiger partial charge < -0.3 is 19.8 Å². The van der Waals surface area contributed by atoms with Gasteiger partial charge >= 0.3 is 0 Å². The molecule has 6 atom stereocenters. The minimum absolute atomic E-state index is 0.0851. The van der Waals surface area contributed by atoms with Crippen molar-refractivity contribution in [2.45, 2.75) is 57.0 Å². The lowest BCUT2D eigenvalue weighted by Crippen LogP contribution is -2.62. The number of piperidine rings is 1. The summed E-state index contributed by atoms with van der Waals surface area (Å²) < 4.78 is 6.42. The van der Waals surface area contributed by atoms with Crippen LogP contribution in [0.25, 0.3) is 0 Å². The second-order valence-electron chi connectivity index (χ2n) is 8.70. The molecule has 1 unspecified atom stereocenters. The Balaban J connectivity index is 1.76. The largest absolute Gasteiger partial charge is 0.487 e. The van der Waals surface area contributed by atoms with Crippen LogP contribution in [0.4, 0.5) is 0 Å². The third-order valence-corrected chi connectivity index (χ3v) is 7.48. The number of nitrogens with zero attached hydrogens (tertiary/aromatic N) is 1. The topological polar surface area (TPSA) is 52.9 Å². The fourth-order valence-corrected chi connectivity index (χ4v) is 6.02. The monoisotopic (exact) mass is 329 g/mol. The van der Waals surface area contributed by atoms with Crippen molar-refractivity contribution in [3.63, 3.8) is 0 Å². The molecule has 2 fully saturated rings. The van der Waals surface area contributed by atoms with Crippen molar-refractivity contribution in [3.8, 4) is 0 Å².